The third-order valence-electron chi connectivity index (χ3n) is 2.80. The van der Waals surface area contributed by atoms with Crippen molar-refractivity contribution in [3.05, 3.63) is 0 Å². The molecule has 0 unspecified atom stereocenters. The Kier molecular flexibility index (Phi) is 5.37. The fraction of sp³-hybridized carbons (Fsp3) is 1.00. The third-order valence-corrected chi connectivity index (χ3v) is 3.32. The summed E-state index contributed by atoms with van der Waals surface area (Å²) in [5, 5.41) is 0. The zero-order valence-corrected chi connectivity index (χ0v) is 10.8. The Labute approximate surface area is 96.4 Å². The summed E-state index contributed by atoms with van der Waals surface area (Å²) in [6.07, 6.45) is 0. The van der Waals surface area contributed by atoms with Crippen LogP contribution in [-0.2, 0) is 9.09 Å². The number of hydrogen-bond donors (Lipinski definition) is 2. The molecule has 0 bridgehead atoms. The van der Waals surface area contributed by atoms with Gasteiger partial charge in [0, 0.05) is 38.8 Å². The van der Waals surface area contributed by atoms with Crippen molar-refractivity contribution in [1.29, 1.82) is 0 Å². The summed E-state index contributed by atoms with van der Waals surface area (Å²) in [5.41, 5.74) is 0. The molecular formula is C9H21N2O4P. The summed E-state index contributed by atoms with van der Waals surface area (Å²) in [6.45, 7) is 8.90. The van der Waals surface area contributed by atoms with Crippen LogP contribution < -0.4 is 0 Å². The molecule has 0 saturated carbocycles. The zero-order chi connectivity index (χ0) is 12.2. The predicted molar refractivity (Wildman–Crippen MR) is 61.1 cm³/mol. The number of phosphoric acid groups is 1. The number of piperazine rings is 1. The highest BCUT2D eigenvalue weighted by Crippen LogP contribution is 2.35. The van der Waals surface area contributed by atoms with Gasteiger partial charge in [0.1, 0.15) is 0 Å². The van der Waals surface area contributed by atoms with Gasteiger partial charge in [-0.25, -0.2) is 4.57 Å². The van der Waals surface area contributed by atoms with Crippen molar-refractivity contribution < 1.29 is 18.9 Å². The molecule has 0 spiro atoms. The molecule has 1 aliphatic heterocycles. The maximum absolute atomic E-state index is 10.5. The molecule has 0 aromatic carbocycles. The van der Waals surface area contributed by atoms with Crippen molar-refractivity contribution >= 4 is 7.82 Å². The average molecular weight is 252 g/mol. The molecule has 0 atom stereocenters. The Bertz CT molecular complexity index is 248. The van der Waals surface area contributed by atoms with Crippen LogP contribution in [0.3, 0.4) is 0 Å². The van der Waals surface area contributed by atoms with Crippen LogP contribution in [0.5, 0.6) is 0 Å². The highest BCUT2D eigenvalue weighted by molar-refractivity contribution is 7.46. The molecule has 1 saturated heterocycles. The van der Waals surface area contributed by atoms with E-state index >= 15 is 0 Å². The van der Waals surface area contributed by atoms with Crippen LogP contribution in [0.1, 0.15) is 13.8 Å². The van der Waals surface area contributed by atoms with E-state index in [1.54, 1.807) is 0 Å². The van der Waals surface area contributed by atoms with Crippen molar-refractivity contribution in [3.8, 4) is 0 Å². The second-order valence-electron chi connectivity index (χ2n) is 4.30. The highest BCUT2D eigenvalue weighted by Gasteiger charge is 2.19. The first-order valence-corrected chi connectivity index (χ1v) is 7.08. The number of hydrogen-bond acceptors (Lipinski definition) is 4. The summed E-state index contributed by atoms with van der Waals surface area (Å²) in [6, 6.07) is 0.563. The Balaban J connectivity index is 2.15. The first-order chi connectivity index (χ1) is 7.38. The molecule has 7 heteroatoms. The van der Waals surface area contributed by atoms with Crippen LogP contribution in [0.15, 0.2) is 0 Å². The van der Waals surface area contributed by atoms with Crippen molar-refractivity contribution in [3.63, 3.8) is 0 Å². The summed E-state index contributed by atoms with van der Waals surface area (Å²) in [7, 11) is -4.30. The van der Waals surface area contributed by atoms with Crippen molar-refractivity contribution in [2.45, 2.75) is 19.9 Å². The molecule has 96 valence electrons. The van der Waals surface area contributed by atoms with Gasteiger partial charge in [-0.1, -0.05) is 0 Å². The quantitative estimate of drug-likeness (QED) is 0.677. The van der Waals surface area contributed by atoms with E-state index < -0.39 is 7.82 Å². The molecule has 0 radical (unpaired) electrons. The Morgan fingerprint density at radius 3 is 2.25 bits per heavy atom. The molecule has 16 heavy (non-hydrogen) atoms. The Hall–Kier alpha value is 0.0300. The Morgan fingerprint density at radius 2 is 1.81 bits per heavy atom. The second kappa shape index (κ2) is 6.10. The maximum atomic E-state index is 10.5. The minimum absolute atomic E-state index is 0.0892. The fourth-order valence-electron chi connectivity index (χ4n) is 1.79. The smallest absolute Gasteiger partial charge is 0.303 e. The predicted octanol–water partition coefficient (Wildman–Crippen LogP) is 0.122. The minimum Gasteiger partial charge on any atom is -0.303 e. The van der Waals surface area contributed by atoms with Gasteiger partial charge >= 0.3 is 7.82 Å². The van der Waals surface area contributed by atoms with Crippen molar-refractivity contribution in [2.75, 3.05) is 39.3 Å². The molecule has 1 heterocycles. The lowest BCUT2D eigenvalue weighted by Crippen LogP contribution is -2.49. The standard InChI is InChI=1S/C9H21N2O4P/c1-9(2)11-5-3-10(4-6-11)7-8-15-16(12,13)14/h9H,3-8H2,1-2H3,(H2,12,13,14). The lowest BCUT2D eigenvalue weighted by Gasteiger charge is -2.36. The number of rotatable bonds is 5. The molecule has 0 aromatic heterocycles. The fourth-order valence-corrected chi connectivity index (χ4v) is 2.11. The van der Waals surface area contributed by atoms with E-state index in [0.717, 1.165) is 26.2 Å². The lowest BCUT2D eigenvalue weighted by atomic mass is 10.2. The normalized spacial score (nSPS) is 20.6. The molecule has 0 aromatic rings. The SMILES string of the molecule is CC(C)N1CCN(CCOP(=O)(O)O)CC1. The molecular weight excluding hydrogens is 231 g/mol. The van der Waals surface area contributed by atoms with Gasteiger partial charge in [-0.3, -0.25) is 14.3 Å². The van der Waals surface area contributed by atoms with E-state index in [1.165, 1.54) is 0 Å². The van der Waals surface area contributed by atoms with Gasteiger partial charge in [0.2, 0.25) is 0 Å². The molecule has 1 rings (SSSR count). The van der Waals surface area contributed by atoms with Crippen molar-refractivity contribution in [1.82, 2.24) is 9.80 Å². The summed E-state index contributed by atoms with van der Waals surface area (Å²) >= 11 is 0. The van der Waals surface area contributed by atoms with E-state index in [4.69, 9.17) is 9.79 Å². The molecule has 2 N–H and O–H groups in total. The summed E-state index contributed by atoms with van der Waals surface area (Å²) < 4.78 is 14.9. The monoisotopic (exact) mass is 252 g/mol. The first kappa shape index (κ1) is 14.1. The molecule has 1 fully saturated rings. The second-order valence-corrected chi connectivity index (χ2v) is 5.53. The van der Waals surface area contributed by atoms with Crippen LogP contribution >= 0.6 is 7.82 Å². The third kappa shape index (κ3) is 5.39. The van der Waals surface area contributed by atoms with Crippen LogP contribution in [-0.4, -0.2) is 65.0 Å². The number of nitrogens with zero attached hydrogens (tertiary/aromatic N) is 2. The molecule has 1 aliphatic rings. The molecule has 6 nitrogen and oxygen atoms in total. The Morgan fingerprint density at radius 1 is 1.25 bits per heavy atom. The topological polar surface area (TPSA) is 73.2 Å². The first-order valence-electron chi connectivity index (χ1n) is 5.55. The van der Waals surface area contributed by atoms with Gasteiger partial charge < -0.3 is 9.79 Å². The zero-order valence-electron chi connectivity index (χ0n) is 9.87. The van der Waals surface area contributed by atoms with E-state index in [-0.39, 0.29) is 6.61 Å². The van der Waals surface area contributed by atoms with E-state index in [1.807, 2.05) is 0 Å². The van der Waals surface area contributed by atoms with Crippen LogP contribution in [0, 0.1) is 0 Å². The van der Waals surface area contributed by atoms with E-state index in [0.29, 0.717) is 12.6 Å². The molecule has 0 aliphatic carbocycles. The van der Waals surface area contributed by atoms with Gasteiger partial charge in [-0.2, -0.15) is 0 Å². The van der Waals surface area contributed by atoms with Gasteiger partial charge in [0.05, 0.1) is 6.61 Å². The van der Waals surface area contributed by atoms with Gasteiger partial charge in [0.15, 0.2) is 0 Å². The largest absolute Gasteiger partial charge is 0.469 e. The average Bonchev–Trinajstić information content (AvgIpc) is 2.16. The number of phosphoric ester groups is 1. The lowest BCUT2D eigenvalue weighted by molar-refractivity contribution is 0.0907. The van der Waals surface area contributed by atoms with Crippen LogP contribution in [0.2, 0.25) is 0 Å². The van der Waals surface area contributed by atoms with E-state index in [9.17, 15) is 4.57 Å². The summed E-state index contributed by atoms with van der Waals surface area (Å²) in [4.78, 5) is 21.6. The highest BCUT2D eigenvalue weighted by atomic mass is 31.2. The maximum Gasteiger partial charge on any atom is 0.469 e. The van der Waals surface area contributed by atoms with Gasteiger partial charge in [-0.05, 0) is 13.8 Å². The van der Waals surface area contributed by atoms with Crippen LogP contribution in [0.25, 0.3) is 0 Å². The summed E-state index contributed by atoms with van der Waals surface area (Å²) in [5.74, 6) is 0. The van der Waals surface area contributed by atoms with E-state index in [2.05, 4.69) is 28.2 Å². The van der Waals surface area contributed by atoms with Gasteiger partial charge in [0.25, 0.3) is 0 Å². The minimum atomic E-state index is -4.30. The van der Waals surface area contributed by atoms with Gasteiger partial charge in [-0.15, -0.1) is 0 Å². The van der Waals surface area contributed by atoms with Crippen LogP contribution in [0.4, 0.5) is 0 Å². The van der Waals surface area contributed by atoms with Crippen molar-refractivity contribution in [2.24, 2.45) is 0 Å². The molecule has 0 amide bonds.